The molecule has 0 aromatic carbocycles. The van der Waals surface area contributed by atoms with Crippen LogP contribution >= 0.6 is 11.3 Å². The predicted octanol–water partition coefficient (Wildman–Crippen LogP) is 1.64. The SMILES string of the molecule is OCC1CCCC1CNCc1nccs1. The molecule has 0 bridgehead atoms. The van der Waals surface area contributed by atoms with E-state index in [-0.39, 0.29) is 0 Å². The summed E-state index contributed by atoms with van der Waals surface area (Å²) in [5.41, 5.74) is 0. The van der Waals surface area contributed by atoms with Gasteiger partial charge in [0.15, 0.2) is 0 Å². The van der Waals surface area contributed by atoms with Gasteiger partial charge < -0.3 is 10.4 Å². The number of hydrogen-bond donors (Lipinski definition) is 2. The molecule has 1 aromatic heterocycles. The van der Waals surface area contributed by atoms with Crippen LogP contribution in [0.3, 0.4) is 0 Å². The van der Waals surface area contributed by atoms with E-state index in [0.29, 0.717) is 18.4 Å². The summed E-state index contributed by atoms with van der Waals surface area (Å²) in [7, 11) is 0. The van der Waals surface area contributed by atoms with E-state index in [4.69, 9.17) is 0 Å². The van der Waals surface area contributed by atoms with Crippen molar-refractivity contribution in [1.29, 1.82) is 0 Å². The van der Waals surface area contributed by atoms with Crippen LogP contribution in [0.5, 0.6) is 0 Å². The van der Waals surface area contributed by atoms with Crippen molar-refractivity contribution >= 4 is 11.3 Å². The number of hydrogen-bond acceptors (Lipinski definition) is 4. The minimum absolute atomic E-state index is 0.351. The number of nitrogens with zero attached hydrogens (tertiary/aromatic N) is 1. The first-order valence-electron chi connectivity index (χ1n) is 5.60. The highest BCUT2D eigenvalue weighted by molar-refractivity contribution is 7.09. The maximum atomic E-state index is 9.18. The Labute approximate surface area is 94.5 Å². The molecule has 0 radical (unpaired) electrons. The van der Waals surface area contributed by atoms with Gasteiger partial charge in [0.05, 0.1) is 0 Å². The Kier molecular flexibility index (Phi) is 4.11. The second-order valence-corrected chi connectivity index (χ2v) is 5.17. The second-order valence-electron chi connectivity index (χ2n) is 4.19. The maximum absolute atomic E-state index is 9.18. The zero-order valence-corrected chi connectivity index (χ0v) is 9.67. The molecule has 1 heterocycles. The molecule has 2 atom stereocenters. The van der Waals surface area contributed by atoms with Crippen molar-refractivity contribution in [1.82, 2.24) is 10.3 Å². The fourth-order valence-electron chi connectivity index (χ4n) is 2.33. The van der Waals surface area contributed by atoms with Crippen LogP contribution in [0, 0.1) is 11.8 Å². The summed E-state index contributed by atoms with van der Waals surface area (Å²) < 4.78 is 0. The molecule has 15 heavy (non-hydrogen) atoms. The topological polar surface area (TPSA) is 45.1 Å². The third kappa shape index (κ3) is 3.00. The van der Waals surface area contributed by atoms with Gasteiger partial charge in [0.25, 0.3) is 0 Å². The Hall–Kier alpha value is -0.450. The molecular formula is C11H18N2OS. The summed E-state index contributed by atoms with van der Waals surface area (Å²) in [5, 5.41) is 15.8. The van der Waals surface area contributed by atoms with Gasteiger partial charge in [-0.1, -0.05) is 6.42 Å². The van der Waals surface area contributed by atoms with Crippen LogP contribution in [-0.2, 0) is 6.54 Å². The van der Waals surface area contributed by atoms with E-state index in [0.717, 1.165) is 18.1 Å². The summed E-state index contributed by atoms with van der Waals surface area (Å²) in [5.74, 6) is 1.18. The molecule has 2 rings (SSSR count). The molecule has 1 fully saturated rings. The lowest BCUT2D eigenvalue weighted by atomic mass is 9.97. The van der Waals surface area contributed by atoms with Crippen molar-refractivity contribution in [2.24, 2.45) is 11.8 Å². The van der Waals surface area contributed by atoms with Crippen LogP contribution in [0.15, 0.2) is 11.6 Å². The van der Waals surface area contributed by atoms with E-state index in [9.17, 15) is 5.11 Å². The van der Waals surface area contributed by atoms with Gasteiger partial charge in [-0.15, -0.1) is 11.3 Å². The van der Waals surface area contributed by atoms with Crippen LogP contribution in [0.1, 0.15) is 24.3 Å². The molecule has 1 aromatic rings. The van der Waals surface area contributed by atoms with Gasteiger partial charge >= 0.3 is 0 Å². The molecule has 2 N–H and O–H groups in total. The Balaban J connectivity index is 1.69. The molecule has 4 heteroatoms. The van der Waals surface area contributed by atoms with E-state index in [2.05, 4.69) is 10.3 Å². The van der Waals surface area contributed by atoms with Crippen molar-refractivity contribution in [3.8, 4) is 0 Å². The largest absolute Gasteiger partial charge is 0.396 e. The summed E-state index contributed by atoms with van der Waals surface area (Å²) in [6.07, 6.45) is 5.57. The minimum Gasteiger partial charge on any atom is -0.396 e. The third-order valence-corrected chi connectivity index (χ3v) is 4.00. The first-order chi connectivity index (χ1) is 7.40. The first kappa shape index (κ1) is 11.0. The third-order valence-electron chi connectivity index (χ3n) is 3.22. The van der Waals surface area contributed by atoms with Crippen LogP contribution in [0.4, 0.5) is 0 Å². The number of aromatic nitrogens is 1. The number of thiazole rings is 1. The average Bonchev–Trinajstić information content (AvgIpc) is 2.88. The van der Waals surface area contributed by atoms with Crippen LogP contribution in [0.2, 0.25) is 0 Å². The molecule has 1 aliphatic carbocycles. The highest BCUT2D eigenvalue weighted by Crippen LogP contribution is 2.30. The molecular weight excluding hydrogens is 208 g/mol. The average molecular weight is 226 g/mol. The molecule has 1 saturated carbocycles. The van der Waals surface area contributed by atoms with E-state index >= 15 is 0 Å². The standard InChI is InChI=1S/C11H18N2OS/c14-8-10-3-1-2-9(10)6-12-7-11-13-4-5-15-11/h4-5,9-10,12,14H,1-3,6-8H2. The number of aliphatic hydroxyl groups is 1. The van der Waals surface area contributed by atoms with Gasteiger partial charge in [0.1, 0.15) is 5.01 Å². The highest BCUT2D eigenvalue weighted by Gasteiger charge is 2.25. The van der Waals surface area contributed by atoms with Crippen LogP contribution in [-0.4, -0.2) is 23.2 Å². The molecule has 0 spiro atoms. The minimum atomic E-state index is 0.351. The molecule has 84 valence electrons. The van der Waals surface area contributed by atoms with E-state index < -0.39 is 0 Å². The number of rotatable bonds is 5. The Morgan fingerprint density at radius 1 is 1.47 bits per heavy atom. The van der Waals surface area contributed by atoms with Crippen molar-refractivity contribution in [3.63, 3.8) is 0 Å². The molecule has 0 saturated heterocycles. The van der Waals surface area contributed by atoms with E-state index in [1.54, 1.807) is 11.3 Å². The smallest absolute Gasteiger partial charge is 0.106 e. The molecule has 3 nitrogen and oxygen atoms in total. The van der Waals surface area contributed by atoms with Crippen molar-refractivity contribution < 1.29 is 5.11 Å². The highest BCUT2D eigenvalue weighted by atomic mass is 32.1. The van der Waals surface area contributed by atoms with Gasteiger partial charge in [-0.25, -0.2) is 4.98 Å². The molecule has 1 aliphatic rings. The zero-order valence-electron chi connectivity index (χ0n) is 8.85. The summed E-state index contributed by atoms with van der Waals surface area (Å²) in [6, 6.07) is 0. The van der Waals surface area contributed by atoms with Gasteiger partial charge in [-0.2, -0.15) is 0 Å². The van der Waals surface area contributed by atoms with Crippen molar-refractivity contribution in [3.05, 3.63) is 16.6 Å². The fourth-order valence-corrected chi connectivity index (χ4v) is 2.91. The quantitative estimate of drug-likeness (QED) is 0.802. The lowest BCUT2D eigenvalue weighted by molar-refractivity contribution is 0.192. The van der Waals surface area contributed by atoms with Crippen LogP contribution < -0.4 is 5.32 Å². The summed E-state index contributed by atoms with van der Waals surface area (Å²) in [4.78, 5) is 4.23. The zero-order chi connectivity index (χ0) is 10.5. The van der Waals surface area contributed by atoms with Gasteiger partial charge in [-0.05, 0) is 31.2 Å². The molecule has 2 unspecified atom stereocenters. The van der Waals surface area contributed by atoms with Crippen molar-refractivity contribution in [2.45, 2.75) is 25.8 Å². The maximum Gasteiger partial charge on any atom is 0.106 e. The van der Waals surface area contributed by atoms with Crippen molar-refractivity contribution in [2.75, 3.05) is 13.2 Å². The Bertz CT molecular complexity index is 276. The lowest BCUT2D eigenvalue weighted by Crippen LogP contribution is -2.26. The normalized spacial score (nSPS) is 25.9. The van der Waals surface area contributed by atoms with Gasteiger partial charge in [0, 0.05) is 24.7 Å². The Morgan fingerprint density at radius 3 is 3.07 bits per heavy atom. The van der Waals surface area contributed by atoms with E-state index in [1.165, 1.54) is 19.3 Å². The second kappa shape index (κ2) is 5.58. The fraction of sp³-hybridized carbons (Fsp3) is 0.727. The molecule has 0 amide bonds. The predicted molar refractivity (Wildman–Crippen MR) is 61.7 cm³/mol. The number of aliphatic hydroxyl groups excluding tert-OH is 1. The van der Waals surface area contributed by atoms with Gasteiger partial charge in [-0.3, -0.25) is 0 Å². The van der Waals surface area contributed by atoms with Crippen LogP contribution in [0.25, 0.3) is 0 Å². The lowest BCUT2D eigenvalue weighted by Gasteiger charge is -2.17. The van der Waals surface area contributed by atoms with Gasteiger partial charge in [0.2, 0.25) is 0 Å². The number of nitrogens with one attached hydrogen (secondary N) is 1. The first-order valence-corrected chi connectivity index (χ1v) is 6.48. The Morgan fingerprint density at radius 2 is 2.33 bits per heavy atom. The molecule has 0 aliphatic heterocycles. The summed E-state index contributed by atoms with van der Waals surface area (Å²) >= 11 is 1.69. The summed E-state index contributed by atoms with van der Waals surface area (Å²) in [6.45, 7) is 2.24. The van der Waals surface area contributed by atoms with E-state index in [1.807, 2.05) is 11.6 Å². The monoisotopic (exact) mass is 226 g/mol.